The third kappa shape index (κ3) is 3.70. The minimum absolute atomic E-state index is 0.957. The molecule has 8 heteroatoms. The number of rotatable bonds is 4. The zero-order valence-electron chi connectivity index (χ0n) is 22.4. The second-order valence-electron chi connectivity index (χ2n) is 9.79. The molecule has 0 N–H and O–H groups in total. The number of nitrogens with zero attached hydrogens (tertiary/aromatic N) is 8. The molecule has 6 aromatic rings. The van der Waals surface area contributed by atoms with Crippen LogP contribution >= 0.6 is 0 Å². The van der Waals surface area contributed by atoms with Crippen LogP contribution in [0.2, 0.25) is 0 Å². The monoisotopic (exact) mass is 544 g/mol. The molecule has 6 heterocycles. The molecule has 200 valence electrons. The molecule has 0 amide bonds. The topological polar surface area (TPSA) is 64.5 Å². The first-order chi connectivity index (χ1) is 20.9. The van der Waals surface area contributed by atoms with Gasteiger partial charge >= 0.3 is 0 Å². The highest BCUT2D eigenvalue weighted by molar-refractivity contribution is 5.99. The van der Waals surface area contributed by atoms with E-state index in [2.05, 4.69) is 88.1 Å². The van der Waals surface area contributed by atoms with Crippen LogP contribution in [0, 0.1) is 0 Å². The third-order valence-electron chi connectivity index (χ3n) is 7.46. The van der Waals surface area contributed by atoms with Crippen LogP contribution in [0.4, 0.5) is 45.5 Å². The molecule has 0 spiro atoms. The molecular formula is C34H24N8. The maximum atomic E-state index is 4.33. The molecule has 0 radical (unpaired) electrons. The summed E-state index contributed by atoms with van der Waals surface area (Å²) < 4.78 is 0. The lowest BCUT2D eigenvalue weighted by Crippen LogP contribution is -2.33. The van der Waals surface area contributed by atoms with Crippen LogP contribution < -0.4 is 19.6 Å². The fourth-order valence-electron chi connectivity index (χ4n) is 5.76. The van der Waals surface area contributed by atoms with Crippen molar-refractivity contribution in [1.82, 2.24) is 19.9 Å². The van der Waals surface area contributed by atoms with E-state index in [-0.39, 0.29) is 0 Å². The van der Waals surface area contributed by atoms with Gasteiger partial charge in [0, 0.05) is 49.6 Å². The van der Waals surface area contributed by atoms with Gasteiger partial charge in [-0.1, -0.05) is 24.3 Å². The van der Waals surface area contributed by atoms with Crippen molar-refractivity contribution in [3.63, 3.8) is 0 Å². The second kappa shape index (κ2) is 9.87. The molecule has 0 fully saturated rings. The summed E-state index contributed by atoms with van der Waals surface area (Å²) in [5.74, 6) is 1.91. The van der Waals surface area contributed by atoms with Crippen molar-refractivity contribution < 1.29 is 0 Å². The molecule has 8 nitrogen and oxygen atoms in total. The Hall–Kier alpha value is -6.02. The Morgan fingerprint density at radius 1 is 0.286 bits per heavy atom. The Kier molecular flexibility index (Phi) is 5.60. The summed E-state index contributed by atoms with van der Waals surface area (Å²) in [6.07, 6.45) is 14.7. The fourth-order valence-corrected chi connectivity index (χ4v) is 5.76. The van der Waals surface area contributed by atoms with Crippen LogP contribution in [0.5, 0.6) is 0 Å². The van der Waals surface area contributed by atoms with E-state index in [4.69, 9.17) is 0 Å². The van der Waals surface area contributed by atoms with Crippen LogP contribution in [0.25, 0.3) is 0 Å². The highest BCUT2D eigenvalue weighted by Gasteiger charge is 2.44. The number of fused-ring (bicyclic) bond motifs is 2. The van der Waals surface area contributed by atoms with E-state index in [9.17, 15) is 0 Å². The molecule has 2 aliphatic rings. The summed E-state index contributed by atoms with van der Waals surface area (Å²) in [5.41, 5.74) is 8.22. The Morgan fingerprint density at radius 2 is 0.500 bits per heavy atom. The summed E-state index contributed by atoms with van der Waals surface area (Å²) >= 11 is 0. The molecule has 2 aliphatic heterocycles. The van der Waals surface area contributed by atoms with Crippen LogP contribution in [-0.4, -0.2) is 19.9 Å². The fraction of sp³-hybridized carbons (Fsp3) is 0. The molecule has 2 aromatic carbocycles. The summed E-state index contributed by atoms with van der Waals surface area (Å²) in [6, 6.07) is 33.3. The maximum Gasteiger partial charge on any atom is 0.166 e. The van der Waals surface area contributed by atoms with Crippen molar-refractivity contribution >= 4 is 45.5 Å². The quantitative estimate of drug-likeness (QED) is 0.224. The minimum atomic E-state index is 0.957. The number of hydrogen-bond donors (Lipinski definition) is 0. The van der Waals surface area contributed by atoms with E-state index in [1.54, 1.807) is 0 Å². The van der Waals surface area contributed by atoms with E-state index < -0.39 is 0 Å². The van der Waals surface area contributed by atoms with Crippen molar-refractivity contribution in [1.29, 1.82) is 0 Å². The van der Waals surface area contributed by atoms with E-state index in [1.807, 2.05) is 98.1 Å². The van der Waals surface area contributed by atoms with Crippen molar-refractivity contribution in [3.8, 4) is 0 Å². The molecule has 4 aromatic heterocycles. The first-order valence-corrected chi connectivity index (χ1v) is 13.6. The van der Waals surface area contributed by atoms with Gasteiger partial charge in [-0.05, 0) is 72.8 Å². The van der Waals surface area contributed by atoms with E-state index >= 15 is 0 Å². The van der Waals surface area contributed by atoms with E-state index in [0.717, 1.165) is 57.1 Å². The van der Waals surface area contributed by atoms with Crippen LogP contribution in [0.15, 0.2) is 158 Å². The predicted octanol–water partition coefficient (Wildman–Crippen LogP) is 7.67. The molecular weight excluding hydrogens is 520 g/mol. The van der Waals surface area contributed by atoms with Gasteiger partial charge in [0.1, 0.15) is 0 Å². The van der Waals surface area contributed by atoms with Crippen molar-refractivity contribution in [2.75, 3.05) is 19.6 Å². The van der Waals surface area contributed by atoms with Crippen LogP contribution in [-0.2, 0) is 0 Å². The Balaban J connectivity index is 1.53. The number of aromatic nitrogens is 4. The molecule has 0 aliphatic carbocycles. The van der Waals surface area contributed by atoms with Gasteiger partial charge in [0.2, 0.25) is 0 Å². The summed E-state index contributed by atoms with van der Waals surface area (Å²) in [4.78, 5) is 26.5. The standard InChI is InChI=1S/C34H24N8/c1-2-6-30-29(5-1)39(25-9-17-35-18-10-25)33(40(30)26-11-19-36-20-12-26)34-41(27-13-21-37-22-14-27)31-7-3-4-8-32(31)42(34)28-15-23-38-24-16-28/h1-24H. The first-order valence-electron chi connectivity index (χ1n) is 13.6. The molecule has 0 unspecified atom stereocenters. The number of anilines is 8. The molecule has 0 bridgehead atoms. The van der Waals surface area contributed by atoms with Gasteiger partial charge in [-0.15, -0.1) is 0 Å². The van der Waals surface area contributed by atoms with Crippen molar-refractivity contribution in [2.24, 2.45) is 0 Å². The van der Waals surface area contributed by atoms with Crippen LogP contribution in [0.1, 0.15) is 0 Å². The molecule has 0 saturated carbocycles. The highest BCUT2D eigenvalue weighted by Crippen LogP contribution is 2.56. The van der Waals surface area contributed by atoms with Crippen LogP contribution in [0.3, 0.4) is 0 Å². The lowest BCUT2D eigenvalue weighted by molar-refractivity contribution is 1.00. The third-order valence-corrected chi connectivity index (χ3v) is 7.46. The van der Waals surface area contributed by atoms with E-state index in [1.165, 1.54) is 0 Å². The average molecular weight is 545 g/mol. The zero-order chi connectivity index (χ0) is 27.9. The second-order valence-corrected chi connectivity index (χ2v) is 9.79. The lowest BCUT2D eigenvalue weighted by atomic mass is 10.2. The predicted molar refractivity (Wildman–Crippen MR) is 165 cm³/mol. The number of para-hydroxylation sites is 4. The molecule has 42 heavy (non-hydrogen) atoms. The summed E-state index contributed by atoms with van der Waals surface area (Å²) in [5, 5.41) is 0. The van der Waals surface area contributed by atoms with Gasteiger partial charge in [-0.3, -0.25) is 39.5 Å². The smallest absolute Gasteiger partial charge is 0.166 e. The largest absolute Gasteiger partial charge is 0.291 e. The van der Waals surface area contributed by atoms with Gasteiger partial charge in [0.05, 0.1) is 45.5 Å². The molecule has 0 saturated heterocycles. The normalized spacial score (nSPS) is 13.9. The Bertz CT molecular complexity index is 1620. The van der Waals surface area contributed by atoms with Crippen molar-refractivity contribution in [3.05, 3.63) is 158 Å². The Labute approximate surface area is 243 Å². The molecule has 0 atom stereocenters. The summed E-state index contributed by atoms with van der Waals surface area (Å²) in [6.45, 7) is 0. The lowest BCUT2D eigenvalue weighted by Gasteiger charge is -2.34. The van der Waals surface area contributed by atoms with Gasteiger partial charge < -0.3 is 0 Å². The first kappa shape index (κ1) is 23.8. The van der Waals surface area contributed by atoms with Gasteiger partial charge in [-0.25, -0.2) is 0 Å². The van der Waals surface area contributed by atoms with Gasteiger partial charge in [-0.2, -0.15) is 0 Å². The molecule has 8 rings (SSSR count). The van der Waals surface area contributed by atoms with Gasteiger partial charge in [0.15, 0.2) is 11.6 Å². The highest BCUT2D eigenvalue weighted by atomic mass is 15.5. The number of hydrogen-bond acceptors (Lipinski definition) is 8. The number of benzene rings is 2. The van der Waals surface area contributed by atoms with Crippen molar-refractivity contribution in [2.45, 2.75) is 0 Å². The SMILES string of the molecule is c1ccc2c(c1)N(c1ccncc1)C(=C1N(c3ccncc3)c3ccccc3N1c1ccncc1)N2c1ccncc1. The Morgan fingerprint density at radius 3 is 0.714 bits per heavy atom. The number of pyridine rings is 4. The van der Waals surface area contributed by atoms with E-state index in [0.29, 0.717) is 0 Å². The van der Waals surface area contributed by atoms with Gasteiger partial charge in [0.25, 0.3) is 0 Å². The zero-order valence-corrected chi connectivity index (χ0v) is 22.4. The average Bonchev–Trinajstić information content (AvgIpc) is 3.59. The maximum absolute atomic E-state index is 4.33. The minimum Gasteiger partial charge on any atom is -0.291 e. The summed E-state index contributed by atoms with van der Waals surface area (Å²) in [7, 11) is 0.